The molecule has 0 amide bonds. The Bertz CT molecular complexity index is 209. The lowest BCUT2D eigenvalue weighted by molar-refractivity contribution is -0.197. The van der Waals surface area contributed by atoms with E-state index in [2.05, 4.69) is 13.8 Å². The number of rotatable bonds is 1. The van der Waals surface area contributed by atoms with Crippen molar-refractivity contribution in [2.24, 2.45) is 0 Å². The van der Waals surface area contributed by atoms with Gasteiger partial charge >= 0.3 is 0 Å². The third-order valence-corrected chi connectivity index (χ3v) is 2.82. The van der Waals surface area contributed by atoms with E-state index in [0.29, 0.717) is 12.2 Å². The van der Waals surface area contributed by atoms with Crippen LogP contribution in [0.3, 0.4) is 0 Å². The molecule has 0 aliphatic carbocycles. The van der Waals surface area contributed by atoms with Gasteiger partial charge in [-0.1, -0.05) is 6.92 Å². The standard InChI is InChI=1S/C7H14O2.C6H12O2/c1-4-6-5-8-7(2,3)9-6;1-5-3-4-7-6(2)8-5/h6H,4-5H2,1-3H3;5-6H,3-4H2,1-2H3. The molecular formula is C13H26O4. The topological polar surface area (TPSA) is 36.9 Å². The molecule has 17 heavy (non-hydrogen) atoms. The van der Waals surface area contributed by atoms with Crippen molar-refractivity contribution in [3.05, 3.63) is 0 Å². The summed E-state index contributed by atoms with van der Waals surface area (Å²) in [6.45, 7) is 11.6. The molecule has 2 saturated heterocycles. The van der Waals surface area contributed by atoms with Crippen LogP contribution in [0.25, 0.3) is 0 Å². The smallest absolute Gasteiger partial charge is 0.163 e. The highest BCUT2D eigenvalue weighted by Gasteiger charge is 2.31. The largest absolute Gasteiger partial charge is 0.353 e. The summed E-state index contributed by atoms with van der Waals surface area (Å²) in [4.78, 5) is 0. The molecule has 0 aromatic rings. The third-order valence-electron chi connectivity index (χ3n) is 2.82. The minimum atomic E-state index is -0.333. The van der Waals surface area contributed by atoms with E-state index in [-0.39, 0.29) is 12.1 Å². The van der Waals surface area contributed by atoms with Crippen molar-refractivity contribution in [3.63, 3.8) is 0 Å². The fourth-order valence-corrected chi connectivity index (χ4v) is 1.80. The zero-order valence-electron chi connectivity index (χ0n) is 11.7. The zero-order chi connectivity index (χ0) is 12.9. The van der Waals surface area contributed by atoms with Crippen molar-refractivity contribution in [2.45, 2.75) is 71.7 Å². The van der Waals surface area contributed by atoms with E-state index in [1.54, 1.807) is 0 Å². The highest BCUT2D eigenvalue weighted by atomic mass is 16.7. The fraction of sp³-hybridized carbons (Fsp3) is 1.00. The molecule has 0 radical (unpaired) electrons. The molecule has 2 heterocycles. The minimum absolute atomic E-state index is 0.0127. The fourth-order valence-electron chi connectivity index (χ4n) is 1.80. The van der Waals surface area contributed by atoms with Crippen molar-refractivity contribution in [2.75, 3.05) is 13.2 Å². The van der Waals surface area contributed by atoms with E-state index in [4.69, 9.17) is 18.9 Å². The normalized spacial score (nSPS) is 36.2. The second-order valence-corrected chi connectivity index (χ2v) is 5.03. The summed E-state index contributed by atoms with van der Waals surface area (Å²) in [5, 5.41) is 0. The van der Waals surface area contributed by atoms with Gasteiger partial charge in [-0.2, -0.15) is 0 Å². The highest BCUT2D eigenvalue weighted by molar-refractivity contribution is 4.68. The van der Waals surface area contributed by atoms with Crippen LogP contribution >= 0.6 is 0 Å². The summed E-state index contributed by atoms with van der Waals surface area (Å²) in [6, 6.07) is 0. The molecule has 0 spiro atoms. The lowest BCUT2D eigenvalue weighted by Crippen LogP contribution is -2.27. The Morgan fingerprint density at radius 3 is 2.24 bits per heavy atom. The van der Waals surface area contributed by atoms with Crippen LogP contribution in [-0.2, 0) is 18.9 Å². The minimum Gasteiger partial charge on any atom is -0.353 e. The first-order valence-corrected chi connectivity index (χ1v) is 6.51. The first-order valence-electron chi connectivity index (χ1n) is 6.51. The van der Waals surface area contributed by atoms with E-state index in [1.165, 1.54) is 0 Å². The summed E-state index contributed by atoms with van der Waals surface area (Å²) in [7, 11) is 0. The monoisotopic (exact) mass is 246 g/mol. The summed E-state index contributed by atoms with van der Waals surface area (Å²) in [5.74, 6) is -0.333. The Morgan fingerprint density at radius 2 is 1.94 bits per heavy atom. The molecule has 2 fully saturated rings. The SMILES string of the molecule is CC1CCOC(C)O1.CCC1COC(C)(C)O1. The molecule has 0 aromatic heterocycles. The van der Waals surface area contributed by atoms with Crippen molar-refractivity contribution in [1.29, 1.82) is 0 Å². The molecule has 4 nitrogen and oxygen atoms in total. The number of hydrogen-bond acceptors (Lipinski definition) is 4. The molecule has 0 N–H and O–H groups in total. The van der Waals surface area contributed by atoms with Gasteiger partial charge in [0.15, 0.2) is 12.1 Å². The molecule has 0 bridgehead atoms. The van der Waals surface area contributed by atoms with Gasteiger partial charge in [0.2, 0.25) is 0 Å². The lowest BCUT2D eigenvalue weighted by atomic mass is 10.3. The van der Waals surface area contributed by atoms with Crippen molar-refractivity contribution < 1.29 is 18.9 Å². The Hall–Kier alpha value is -0.160. The molecule has 2 rings (SSSR count). The lowest BCUT2D eigenvalue weighted by Gasteiger charge is -2.24. The molecule has 0 saturated carbocycles. The zero-order valence-corrected chi connectivity index (χ0v) is 11.7. The summed E-state index contributed by atoms with van der Waals surface area (Å²) >= 11 is 0. The molecule has 2 aliphatic heterocycles. The summed E-state index contributed by atoms with van der Waals surface area (Å²) < 4.78 is 21.2. The Labute approximate surface area is 105 Å². The first kappa shape index (κ1) is 14.9. The number of hydrogen-bond donors (Lipinski definition) is 0. The van der Waals surface area contributed by atoms with Crippen molar-refractivity contribution >= 4 is 0 Å². The molecule has 4 heteroatoms. The van der Waals surface area contributed by atoms with Gasteiger partial charge in [0.1, 0.15) is 0 Å². The van der Waals surface area contributed by atoms with Crippen LogP contribution in [0.15, 0.2) is 0 Å². The van der Waals surface area contributed by atoms with E-state index in [1.807, 2.05) is 20.8 Å². The molecule has 3 unspecified atom stereocenters. The first-order chi connectivity index (χ1) is 7.93. The van der Waals surface area contributed by atoms with Gasteiger partial charge in [0, 0.05) is 0 Å². The van der Waals surface area contributed by atoms with Gasteiger partial charge in [-0.25, -0.2) is 0 Å². The Kier molecular flexibility index (Phi) is 5.86. The second kappa shape index (κ2) is 6.69. The summed E-state index contributed by atoms with van der Waals surface area (Å²) in [5.41, 5.74) is 0. The van der Waals surface area contributed by atoms with Crippen LogP contribution in [0.1, 0.15) is 47.5 Å². The van der Waals surface area contributed by atoms with E-state index < -0.39 is 0 Å². The molecule has 102 valence electrons. The van der Waals surface area contributed by atoms with E-state index in [0.717, 1.165) is 26.1 Å². The van der Waals surface area contributed by atoms with Gasteiger partial charge in [0.05, 0.1) is 25.4 Å². The third kappa shape index (κ3) is 5.82. The predicted octanol–water partition coefficient (Wildman–Crippen LogP) is 2.71. The molecular weight excluding hydrogens is 220 g/mol. The molecule has 0 aromatic carbocycles. The highest BCUT2D eigenvalue weighted by Crippen LogP contribution is 2.23. The van der Waals surface area contributed by atoms with Crippen molar-refractivity contribution in [1.82, 2.24) is 0 Å². The van der Waals surface area contributed by atoms with Crippen LogP contribution in [0, 0.1) is 0 Å². The summed E-state index contributed by atoms with van der Waals surface area (Å²) in [6.07, 6.45) is 2.80. The van der Waals surface area contributed by atoms with Gasteiger partial charge in [-0.05, 0) is 40.5 Å². The molecule has 2 aliphatic rings. The van der Waals surface area contributed by atoms with Crippen LogP contribution in [0.2, 0.25) is 0 Å². The van der Waals surface area contributed by atoms with Crippen molar-refractivity contribution in [3.8, 4) is 0 Å². The Morgan fingerprint density at radius 1 is 1.24 bits per heavy atom. The van der Waals surface area contributed by atoms with Gasteiger partial charge in [-0.15, -0.1) is 0 Å². The van der Waals surface area contributed by atoms with Crippen LogP contribution in [0.5, 0.6) is 0 Å². The maximum absolute atomic E-state index is 5.48. The van der Waals surface area contributed by atoms with E-state index >= 15 is 0 Å². The Balaban J connectivity index is 0.000000171. The maximum Gasteiger partial charge on any atom is 0.163 e. The second-order valence-electron chi connectivity index (χ2n) is 5.03. The molecule has 3 atom stereocenters. The maximum atomic E-state index is 5.48. The quantitative estimate of drug-likeness (QED) is 0.713. The van der Waals surface area contributed by atoms with Crippen LogP contribution in [0.4, 0.5) is 0 Å². The average molecular weight is 246 g/mol. The van der Waals surface area contributed by atoms with Gasteiger partial charge < -0.3 is 18.9 Å². The van der Waals surface area contributed by atoms with E-state index in [9.17, 15) is 0 Å². The average Bonchev–Trinajstić information content (AvgIpc) is 2.59. The van der Waals surface area contributed by atoms with Crippen LogP contribution in [-0.4, -0.2) is 37.5 Å². The predicted molar refractivity (Wildman–Crippen MR) is 65.8 cm³/mol. The van der Waals surface area contributed by atoms with Crippen LogP contribution < -0.4 is 0 Å². The van der Waals surface area contributed by atoms with Gasteiger partial charge in [-0.3, -0.25) is 0 Å². The number of ether oxygens (including phenoxy) is 4. The van der Waals surface area contributed by atoms with Gasteiger partial charge in [0.25, 0.3) is 0 Å².